The average molecular weight is 380 g/mol. The number of hydrogen-bond donors (Lipinski definition) is 0. The average Bonchev–Trinajstić information content (AvgIpc) is 2.90. The smallest absolute Gasteiger partial charge is 0.165 e. The lowest BCUT2D eigenvalue weighted by Gasteiger charge is -2.16. The first kappa shape index (κ1) is 15.4. The summed E-state index contributed by atoms with van der Waals surface area (Å²) in [5.41, 5.74) is 6.55. The van der Waals surface area contributed by atoms with Gasteiger partial charge in [-0.05, 0) is 49.6 Å². The van der Waals surface area contributed by atoms with Crippen molar-refractivity contribution in [2.45, 2.75) is 26.2 Å². The van der Waals surface area contributed by atoms with Crippen LogP contribution in [-0.4, -0.2) is 10.4 Å². The quantitative estimate of drug-likeness (QED) is 0.556. The van der Waals surface area contributed by atoms with Crippen LogP contribution in [0.4, 0.5) is 0 Å². The van der Waals surface area contributed by atoms with Crippen molar-refractivity contribution in [3.63, 3.8) is 0 Å². The third-order valence-electron chi connectivity index (χ3n) is 4.75. The van der Waals surface area contributed by atoms with Gasteiger partial charge in [0.05, 0.1) is 0 Å². The second kappa shape index (κ2) is 6.06. The van der Waals surface area contributed by atoms with Crippen molar-refractivity contribution in [2.24, 2.45) is 0 Å². The van der Waals surface area contributed by atoms with Crippen molar-refractivity contribution in [1.29, 1.82) is 0 Å². The molecule has 0 fully saturated rings. The van der Waals surface area contributed by atoms with Gasteiger partial charge in [0.15, 0.2) is 5.78 Å². The van der Waals surface area contributed by atoms with Gasteiger partial charge >= 0.3 is 0 Å². The molecular weight excluding hydrogens is 362 g/mol. The molecule has 0 radical (unpaired) electrons. The number of Topliss-reactive ketones (excluding diaryl/α,β-unsaturated/α-hetero) is 1. The third-order valence-corrected chi connectivity index (χ3v) is 5.28. The summed E-state index contributed by atoms with van der Waals surface area (Å²) in [5, 5.41) is 0. The Kier molecular flexibility index (Phi) is 3.89. The zero-order valence-electron chi connectivity index (χ0n) is 13.6. The molecule has 2 nitrogen and oxygen atoms in total. The molecule has 1 heterocycles. The third kappa shape index (κ3) is 2.44. The predicted molar refractivity (Wildman–Crippen MR) is 101 cm³/mol. The molecule has 0 aliphatic heterocycles. The number of carbonyl (C=O) groups is 1. The minimum Gasteiger partial charge on any atom is -0.317 e. The van der Waals surface area contributed by atoms with E-state index >= 15 is 0 Å². The van der Waals surface area contributed by atoms with Crippen molar-refractivity contribution < 1.29 is 4.79 Å². The topological polar surface area (TPSA) is 22.0 Å². The van der Waals surface area contributed by atoms with Gasteiger partial charge in [-0.3, -0.25) is 4.79 Å². The lowest BCUT2D eigenvalue weighted by Crippen LogP contribution is -2.13. The van der Waals surface area contributed by atoms with Gasteiger partial charge in [0, 0.05) is 39.1 Å². The van der Waals surface area contributed by atoms with Gasteiger partial charge < -0.3 is 4.57 Å². The second-order valence-corrected chi connectivity index (χ2v) is 7.15. The molecule has 0 unspecified atom stereocenters. The Morgan fingerprint density at radius 3 is 2.33 bits per heavy atom. The molecule has 0 N–H and O–H groups in total. The summed E-state index contributed by atoms with van der Waals surface area (Å²) in [5.74, 6) is 0.270. The molecule has 4 rings (SSSR count). The molecule has 3 heteroatoms. The highest BCUT2D eigenvalue weighted by Crippen LogP contribution is 2.38. The number of ketones is 1. The van der Waals surface area contributed by atoms with E-state index in [9.17, 15) is 4.79 Å². The van der Waals surface area contributed by atoms with E-state index < -0.39 is 0 Å². The number of nitrogens with zero attached hydrogens (tertiary/aromatic N) is 1. The Hall–Kier alpha value is -2.13. The molecule has 0 saturated carbocycles. The Bertz CT molecular complexity index is 907. The van der Waals surface area contributed by atoms with Crippen LogP contribution in [0.1, 0.15) is 34.6 Å². The van der Waals surface area contributed by atoms with Crippen LogP contribution in [0, 0.1) is 6.92 Å². The van der Waals surface area contributed by atoms with Crippen LogP contribution in [0.5, 0.6) is 0 Å². The highest BCUT2D eigenvalue weighted by Gasteiger charge is 2.29. The van der Waals surface area contributed by atoms with Crippen LogP contribution < -0.4 is 0 Å². The molecule has 1 aromatic heterocycles. The van der Waals surface area contributed by atoms with Crippen molar-refractivity contribution in [3.8, 4) is 16.8 Å². The summed E-state index contributed by atoms with van der Waals surface area (Å²) < 4.78 is 3.32. The Balaban J connectivity index is 2.02. The highest BCUT2D eigenvalue weighted by molar-refractivity contribution is 9.10. The molecule has 0 bridgehead atoms. The minimum absolute atomic E-state index is 0.270. The highest BCUT2D eigenvalue weighted by atomic mass is 79.9. The molecule has 0 amide bonds. The molecule has 3 aromatic rings. The van der Waals surface area contributed by atoms with E-state index in [0.29, 0.717) is 6.42 Å². The van der Waals surface area contributed by atoms with E-state index in [1.54, 1.807) is 0 Å². The molecular formula is C21H18BrNO. The SMILES string of the molecule is Cc1c(-c2ccc(Br)cc2)c2c(n1-c1ccccc1)CCCC2=O. The monoisotopic (exact) mass is 379 g/mol. The van der Waals surface area contributed by atoms with E-state index in [2.05, 4.69) is 51.7 Å². The zero-order chi connectivity index (χ0) is 16.7. The molecule has 0 saturated heterocycles. The summed E-state index contributed by atoms with van der Waals surface area (Å²) >= 11 is 3.49. The number of carbonyl (C=O) groups excluding carboxylic acids is 1. The van der Waals surface area contributed by atoms with E-state index in [0.717, 1.165) is 51.1 Å². The normalized spacial score (nSPS) is 13.8. The van der Waals surface area contributed by atoms with Gasteiger partial charge in [-0.15, -0.1) is 0 Å². The standard InChI is InChI=1S/C21H18BrNO/c1-14-20(15-10-12-16(22)13-11-15)21-18(8-5-9-19(21)24)23(14)17-6-3-2-4-7-17/h2-4,6-7,10-13H,5,8-9H2,1H3. The molecule has 1 aliphatic carbocycles. The number of fused-ring (bicyclic) bond motifs is 1. The first-order valence-electron chi connectivity index (χ1n) is 8.25. The Morgan fingerprint density at radius 1 is 0.917 bits per heavy atom. The van der Waals surface area contributed by atoms with Crippen LogP contribution >= 0.6 is 15.9 Å². The maximum atomic E-state index is 12.7. The fourth-order valence-corrected chi connectivity index (χ4v) is 3.99. The minimum atomic E-state index is 0.270. The number of aromatic nitrogens is 1. The van der Waals surface area contributed by atoms with Crippen LogP contribution in [0.15, 0.2) is 59.1 Å². The van der Waals surface area contributed by atoms with Crippen molar-refractivity contribution in [3.05, 3.63) is 76.0 Å². The molecule has 0 atom stereocenters. The van der Waals surface area contributed by atoms with Crippen molar-refractivity contribution in [1.82, 2.24) is 4.57 Å². The summed E-state index contributed by atoms with van der Waals surface area (Å²) in [4.78, 5) is 12.7. The molecule has 24 heavy (non-hydrogen) atoms. The Labute approximate surface area is 150 Å². The van der Waals surface area contributed by atoms with Gasteiger partial charge in [0.25, 0.3) is 0 Å². The van der Waals surface area contributed by atoms with Crippen LogP contribution in [0.25, 0.3) is 16.8 Å². The van der Waals surface area contributed by atoms with Crippen LogP contribution in [0.2, 0.25) is 0 Å². The van der Waals surface area contributed by atoms with E-state index in [1.165, 1.54) is 0 Å². The van der Waals surface area contributed by atoms with Gasteiger partial charge in [0.2, 0.25) is 0 Å². The number of benzene rings is 2. The first-order chi connectivity index (χ1) is 11.7. The van der Waals surface area contributed by atoms with Gasteiger partial charge in [-0.1, -0.05) is 46.3 Å². The largest absolute Gasteiger partial charge is 0.317 e. The summed E-state index contributed by atoms with van der Waals surface area (Å²) in [7, 11) is 0. The van der Waals surface area contributed by atoms with Gasteiger partial charge in [-0.25, -0.2) is 0 Å². The van der Waals surface area contributed by atoms with Crippen LogP contribution in [0.3, 0.4) is 0 Å². The molecule has 2 aromatic carbocycles. The Morgan fingerprint density at radius 2 is 1.62 bits per heavy atom. The molecule has 0 spiro atoms. The number of halogens is 1. The first-order valence-corrected chi connectivity index (χ1v) is 9.05. The maximum Gasteiger partial charge on any atom is 0.165 e. The van der Waals surface area contributed by atoms with Gasteiger partial charge in [-0.2, -0.15) is 0 Å². The van der Waals surface area contributed by atoms with Crippen molar-refractivity contribution >= 4 is 21.7 Å². The predicted octanol–water partition coefficient (Wildman–Crippen LogP) is 5.73. The van der Waals surface area contributed by atoms with Crippen molar-refractivity contribution in [2.75, 3.05) is 0 Å². The number of para-hydroxylation sites is 1. The fraction of sp³-hybridized carbons (Fsp3) is 0.190. The van der Waals surface area contributed by atoms with E-state index in [1.807, 2.05) is 30.3 Å². The summed E-state index contributed by atoms with van der Waals surface area (Å²) in [6.07, 6.45) is 2.53. The molecule has 120 valence electrons. The maximum absolute atomic E-state index is 12.7. The van der Waals surface area contributed by atoms with E-state index in [-0.39, 0.29) is 5.78 Å². The van der Waals surface area contributed by atoms with E-state index in [4.69, 9.17) is 0 Å². The number of hydrogen-bond acceptors (Lipinski definition) is 1. The number of rotatable bonds is 2. The van der Waals surface area contributed by atoms with Gasteiger partial charge in [0.1, 0.15) is 0 Å². The molecule has 1 aliphatic rings. The van der Waals surface area contributed by atoms with Crippen LogP contribution in [-0.2, 0) is 6.42 Å². The summed E-state index contributed by atoms with van der Waals surface area (Å²) in [6, 6.07) is 18.6. The second-order valence-electron chi connectivity index (χ2n) is 6.24. The summed E-state index contributed by atoms with van der Waals surface area (Å²) in [6.45, 7) is 2.12. The lowest BCUT2D eigenvalue weighted by molar-refractivity contribution is 0.0973. The lowest BCUT2D eigenvalue weighted by atomic mass is 9.90. The fourth-order valence-electron chi connectivity index (χ4n) is 3.73. The zero-order valence-corrected chi connectivity index (χ0v) is 15.1.